The van der Waals surface area contributed by atoms with E-state index in [1.807, 2.05) is 0 Å². The summed E-state index contributed by atoms with van der Waals surface area (Å²) < 4.78 is 6.90. The number of ether oxygens (including phenoxy) is 1. The molecule has 0 aliphatic rings. The second-order valence-electron chi connectivity index (χ2n) is 3.20. The number of halogens is 2. The third-order valence-corrected chi connectivity index (χ3v) is 2.75. The molecule has 0 saturated heterocycles. The van der Waals surface area contributed by atoms with Crippen LogP contribution in [0.4, 0.5) is 0 Å². The highest BCUT2D eigenvalue weighted by Gasteiger charge is 2.13. The largest absolute Gasteiger partial charge is 0.462 e. The summed E-state index contributed by atoms with van der Waals surface area (Å²) in [6, 6.07) is 0. The number of aromatic nitrogens is 4. The van der Waals surface area contributed by atoms with Gasteiger partial charge in [-0.05, 0) is 34.5 Å². The molecule has 6 nitrogen and oxygen atoms in total. The Hall–Kier alpha value is -1.47. The van der Waals surface area contributed by atoms with Crippen LogP contribution in [-0.4, -0.2) is 32.3 Å². The van der Waals surface area contributed by atoms with E-state index >= 15 is 0 Å². The van der Waals surface area contributed by atoms with E-state index in [1.165, 1.54) is 23.3 Å². The SMILES string of the molecule is CCOC(=O)c1cnn(-c2nc(Cl)ncc2Br)c1. The summed E-state index contributed by atoms with van der Waals surface area (Å²) in [4.78, 5) is 19.3. The molecule has 2 aromatic heterocycles. The number of carbonyl (C=O) groups is 1. The first-order chi connectivity index (χ1) is 8.61. The second kappa shape index (κ2) is 5.45. The molecule has 0 atom stereocenters. The van der Waals surface area contributed by atoms with Gasteiger partial charge in [0, 0.05) is 12.4 Å². The molecule has 94 valence electrons. The van der Waals surface area contributed by atoms with E-state index in [1.54, 1.807) is 6.92 Å². The average molecular weight is 332 g/mol. The normalized spacial score (nSPS) is 10.4. The lowest BCUT2D eigenvalue weighted by molar-refractivity contribution is 0.0526. The fourth-order valence-corrected chi connectivity index (χ4v) is 1.76. The van der Waals surface area contributed by atoms with Crippen LogP contribution in [0.25, 0.3) is 5.82 Å². The molecule has 0 spiro atoms. The number of rotatable bonds is 3. The molecule has 2 aromatic rings. The van der Waals surface area contributed by atoms with Crippen molar-refractivity contribution in [2.75, 3.05) is 6.61 Å². The summed E-state index contributed by atoms with van der Waals surface area (Å²) in [5, 5.41) is 4.13. The maximum Gasteiger partial charge on any atom is 0.341 e. The van der Waals surface area contributed by atoms with Crippen LogP contribution in [0.2, 0.25) is 5.28 Å². The lowest BCUT2D eigenvalue weighted by Crippen LogP contribution is -2.04. The molecule has 0 unspecified atom stereocenters. The van der Waals surface area contributed by atoms with Gasteiger partial charge in [0.1, 0.15) is 0 Å². The van der Waals surface area contributed by atoms with Crippen LogP contribution in [-0.2, 0) is 4.74 Å². The van der Waals surface area contributed by atoms with Crippen LogP contribution in [0.5, 0.6) is 0 Å². The monoisotopic (exact) mass is 330 g/mol. The zero-order valence-electron chi connectivity index (χ0n) is 9.30. The Bertz CT molecular complexity index is 587. The highest BCUT2D eigenvalue weighted by Crippen LogP contribution is 2.19. The summed E-state index contributed by atoms with van der Waals surface area (Å²) >= 11 is 8.99. The molecule has 0 amide bonds. The third-order valence-electron chi connectivity index (χ3n) is 2.01. The fourth-order valence-electron chi connectivity index (χ4n) is 1.26. The number of hydrogen-bond acceptors (Lipinski definition) is 5. The Morgan fingerprint density at radius 2 is 2.33 bits per heavy atom. The third kappa shape index (κ3) is 2.68. The van der Waals surface area contributed by atoms with Crippen molar-refractivity contribution in [2.45, 2.75) is 6.92 Å². The van der Waals surface area contributed by atoms with Crippen molar-refractivity contribution >= 4 is 33.5 Å². The van der Waals surface area contributed by atoms with Crippen LogP contribution in [0.3, 0.4) is 0 Å². The van der Waals surface area contributed by atoms with Gasteiger partial charge in [-0.2, -0.15) is 10.1 Å². The molecule has 18 heavy (non-hydrogen) atoms. The molecule has 2 heterocycles. The molecule has 0 aliphatic carbocycles. The highest BCUT2D eigenvalue weighted by molar-refractivity contribution is 9.10. The predicted molar refractivity (Wildman–Crippen MR) is 67.8 cm³/mol. The standard InChI is InChI=1S/C10H8BrClN4O2/c1-2-18-9(17)6-3-14-16(5-6)8-7(11)4-13-10(12)15-8/h3-5H,2H2,1H3. The van der Waals surface area contributed by atoms with Gasteiger partial charge < -0.3 is 4.74 Å². The predicted octanol–water partition coefficient (Wildman–Crippen LogP) is 2.25. The fraction of sp³-hybridized carbons (Fsp3) is 0.200. The van der Waals surface area contributed by atoms with E-state index in [4.69, 9.17) is 16.3 Å². The maximum atomic E-state index is 11.5. The zero-order valence-corrected chi connectivity index (χ0v) is 11.6. The quantitative estimate of drug-likeness (QED) is 0.637. The van der Waals surface area contributed by atoms with Crippen molar-refractivity contribution in [1.29, 1.82) is 0 Å². The lowest BCUT2D eigenvalue weighted by atomic mass is 10.4. The van der Waals surface area contributed by atoms with Gasteiger partial charge in [0.15, 0.2) is 5.82 Å². The molecule has 0 aliphatic heterocycles. The van der Waals surface area contributed by atoms with Gasteiger partial charge in [0.2, 0.25) is 5.28 Å². The molecule has 0 fully saturated rings. The van der Waals surface area contributed by atoms with Gasteiger partial charge in [-0.1, -0.05) is 0 Å². The van der Waals surface area contributed by atoms with Crippen LogP contribution >= 0.6 is 27.5 Å². The van der Waals surface area contributed by atoms with E-state index in [2.05, 4.69) is 31.0 Å². The minimum Gasteiger partial charge on any atom is -0.462 e. The van der Waals surface area contributed by atoms with Crippen LogP contribution in [0.15, 0.2) is 23.1 Å². The Morgan fingerprint density at radius 3 is 3.06 bits per heavy atom. The van der Waals surface area contributed by atoms with Crippen molar-refractivity contribution < 1.29 is 9.53 Å². The van der Waals surface area contributed by atoms with E-state index in [0.717, 1.165) is 0 Å². The van der Waals surface area contributed by atoms with Gasteiger partial charge in [0.05, 0.1) is 22.8 Å². The molecule has 0 saturated carbocycles. The van der Waals surface area contributed by atoms with Crippen LogP contribution < -0.4 is 0 Å². The number of esters is 1. The van der Waals surface area contributed by atoms with Crippen molar-refractivity contribution in [3.8, 4) is 5.82 Å². The summed E-state index contributed by atoms with van der Waals surface area (Å²) in [6.07, 6.45) is 4.43. The smallest absolute Gasteiger partial charge is 0.341 e. The molecule has 0 bridgehead atoms. The van der Waals surface area contributed by atoms with E-state index in [0.29, 0.717) is 22.5 Å². The topological polar surface area (TPSA) is 69.9 Å². The van der Waals surface area contributed by atoms with Crippen molar-refractivity contribution in [3.05, 3.63) is 33.9 Å². The first-order valence-corrected chi connectivity index (χ1v) is 6.19. The molecule has 0 aromatic carbocycles. The second-order valence-corrected chi connectivity index (χ2v) is 4.40. The summed E-state index contributed by atoms with van der Waals surface area (Å²) in [6.45, 7) is 2.05. The van der Waals surface area contributed by atoms with E-state index in [-0.39, 0.29) is 5.28 Å². The Morgan fingerprint density at radius 1 is 1.56 bits per heavy atom. The molecule has 0 radical (unpaired) electrons. The molecule has 0 N–H and O–H groups in total. The number of hydrogen-bond donors (Lipinski definition) is 0. The maximum absolute atomic E-state index is 11.5. The van der Waals surface area contributed by atoms with Crippen LogP contribution in [0, 0.1) is 0 Å². The van der Waals surface area contributed by atoms with Gasteiger partial charge in [-0.25, -0.2) is 14.5 Å². The Balaban J connectivity index is 2.35. The van der Waals surface area contributed by atoms with Crippen molar-refractivity contribution in [3.63, 3.8) is 0 Å². The average Bonchev–Trinajstić information content (AvgIpc) is 2.82. The minimum atomic E-state index is -0.431. The lowest BCUT2D eigenvalue weighted by Gasteiger charge is -2.02. The molecular weight excluding hydrogens is 323 g/mol. The van der Waals surface area contributed by atoms with E-state index < -0.39 is 5.97 Å². The van der Waals surface area contributed by atoms with Gasteiger partial charge >= 0.3 is 5.97 Å². The minimum absolute atomic E-state index is 0.0985. The first kappa shape index (κ1) is 13.0. The van der Waals surface area contributed by atoms with E-state index in [9.17, 15) is 4.79 Å². The van der Waals surface area contributed by atoms with Gasteiger partial charge in [-0.3, -0.25) is 0 Å². The first-order valence-electron chi connectivity index (χ1n) is 5.02. The summed E-state index contributed by atoms with van der Waals surface area (Å²) in [5.74, 6) is 0.0190. The van der Waals surface area contributed by atoms with Gasteiger partial charge in [-0.15, -0.1) is 0 Å². The van der Waals surface area contributed by atoms with Crippen LogP contribution in [0.1, 0.15) is 17.3 Å². The highest BCUT2D eigenvalue weighted by atomic mass is 79.9. The van der Waals surface area contributed by atoms with Crippen molar-refractivity contribution in [2.24, 2.45) is 0 Å². The molecular formula is C10H8BrClN4O2. The zero-order chi connectivity index (χ0) is 13.1. The van der Waals surface area contributed by atoms with Gasteiger partial charge in [0.25, 0.3) is 0 Å². The Labute approximate surface area is 116 Å². The molecule has 8 heteroatoms. The summed E-state index contributed by atoms with van der Waals surface area (Å²) in [5.41, 5.74) is 0.346. The Kier molecular flexibility index (Phi) is 3.93. The molecule has 2 rings (SSSR count). The number of carbonyl (C=O) groups excluding carboxylic acids is 1. The summed E-state index contributed by atoms with van der Waals surface area (Å²) in [7, 11) is 0. The number of nitrogens with zero attached hydrogens (tertiary/aromatic N) is 4. The van der Waals surface area contributed by atoms with Crippen molar-refractivity contribution in [1.82, 2.24) is 19.7 Å².